The van der Waals surface area contributed by atoms with Crippen molar-refractivity contribution in [3.8, 4) is 10.6 Å². The lowest BCUT2D eigenvalue weighted by Gasteiger charge is -2.05. The fourth-order valence-corrected chi connectivity index (χ4v) is 3.91. The van der Waals surface area contributed by atoms with Gasteiger partial charge in [0, 0.05) is 23.0 Å². The van der Waals surface area contributed by atoms with Crippen molar-refractivity contribution in [2.24, 2.45) is 0 Å². The Kier molecular flexibility index (Phi) is 5.42. The summed E-state index contributed by atoms with van der Waals surface area (Å²) in [5, 5.41) is 9.06. The third kappa shape index (κ3) is 4.70. The van der Waals surface area contributed by atoms with Gasteiger partial charge in [-0.2, -0.15) is 18.3 Å². The topological polar surface area (TPSA) is 59.8 Å². The molecule has 0 radical (unpaired) electrons. The lowest BCUT2D eigenvalue weighted by atomic mass is 10.3. The van der Waals surface area contributed by atoms with E-state index in [0.29, 0.717) is 13.0 Å². The zero-order chi connectivity index (χ0) is 18.7. The Morgan fingerprint density at radius 3 is 2.77 bits per heavy atom. The molecule has 0 aromatic carbocycles. The highest BCUT2D eigenvalue weighted by Gasteiger charge is 2.33. The summed E-state index contributed by atoms with van der Waals surface area (Å²) >= 11 is 3.21. The summed E-state index contributed by atoms with van der Waals surface area (Å²) in [7, 11) is 0. The van der Waals surface area contributed by atoms with Crippen LogP contribution in [0.4, 0.5) is 13.2 Å². The van der Waals surface area contributed by atoms with Gasteiger partial charge in [0.05, 0.1) is 15.6 Å². The van der Waals surface area contributed by atoms with E-state index in [1.54, 1.807) is 22.7 Å². The molecule has 10 heteroatoms. The molecule has 1 amide bonds. The van der Waals surface area contributed by atoms with E-state index >= 15 is 0 Å². The number of hydrogen-bond acceptors (Lipinski definition) is 5. The van der Waals surface area contributed by atoms with Crippen LogP contribution < -0.4 is 5.32 Å². The van der Waals surface area contributed by atoms with Crippen LogP contribution in [0.5, 0.6) is 0 Å². The maximum absolute atomic E-state index is 12.5. The van der Waals surface area contributed by atoms with Gasteiger partial charge in [-0.05, 0) is 31.5 Å². The second-order valence-corrected chi connectivity index (χ2v) is 7.74. The number of thiophene rings is 1. The molecule has 5 nitrogen and oxygen atoms in total. The van der Waals surface area contributed by atoms with Gasteiger partial charge < -0.3 is 5.32 Å². The summed E-state index contributed by atoms with van der Waals surface area (Å²) in [6.07, 6.45) is -2.72. The van der Waals surface area contributed by atoms with Gasteiger partial charge in [0.1, 0.15) is 6.54 Å². The second kappa shape index (κ2) is 7.58. The fraction of sp³-hybridized carbons (Fsp3) is 0.312. The van der Waals surface area contributed by atoms with Crippen molar-refractivity contribution in [1.29, 1.82) is 0 Å². The van der Waals surface area contributed by atoms with Gasteiger partial charge in [0.25, 0.3) is 0 Å². The lowest BCUT2D eigenvalue weighted by Crippen LogP contribution is -2.29. The molecule has 0 aliphatic rings. The number of nitrogens with one attached hydrogen (secondary N) is 1. The van der Waals surface area contributed by atoms with Gasteiger partial charge in [-0.15, -0.1) is 22.7 Å². The number of aryl methyl sites for hydroxylation is 1. The van der Waals surface area contributed by atoms with E-state index in [1.165, 1.54) is 0 Å². The normalized spacial score (nSPS) is 11.7. The van der Waals surface area contributed by atoms with Crippen molar-refractivity contribution in [3.63, 3.8) is 0 Å². The molecule has 0 aliphatic heterocycles. The van der Waals surface area contributed by atoms with Gasteiger partial charge in [0.2, 0.25) is 5.91 Å². The van der Waals surface area contributed by atoms with Crippen molar-refractivity contribution in [1.82, 2.24) is 20.1 Å². The van der Waals surface area contributed by atoms with Crippen LogP contribution in [0.15, 0.2) is 29.8 Å². The standard InChI is InChI=1S/C16H15F3N4OS2/c1-10-21-12(9-25-10)13-3-2-11(26-13)4-6-20-15(24)8-23-7-5-14(22-23)16(17,18)19/h2-3,5,7,9H,4,6,8H2,1H3,(H,20,24). The van der Waals surface area contributed by atoms with Crippen LogP contribution in [0.2, 0.25) is 0 Å². The molecular weight excluding hydrogens is 385 g/mol. The average molecular weight is 400 g/mol. The van der Waals surface area contributed by atoms with E-state index in [0.717, 1.165) is 37.4 Å². The number of thiazole rings is 1. The molecule has 0 bridgehead atoms. The number of amides is 1. The zero-order valence-electron chi connectivity index (χ0n) is 13.7. The Bertz CT molecular complexity index is 897. The minimum Gasteiger partial charge on any atom is -0.354 e. The molecule has 0 saturated carbocycles. The van der Waals surface area contributed by atoms with Gasteiger partial charge in [-0.1, -0.05) is 0 Å². The first-order valence-corrected chi connectivity index (χ1v) is 9.39. The number of rotatable bonds is 6. The smallest absolute Gasteiger partial charge is 0.354 e. The summed E-state index contributed by atoms with van der Waals surface area (Å²) in [6.45, 7) is 2.11. The monoisotopic (exact) mass is 400 g/mol. The Hall–Kier alpha value is -2.20. The second-order valence-electron chi connectivity index (χ2n) is 5.51. The number of carbonyl (C=O) groups excluding carboxylic acids is 1. The predicted octanol–water partition coefficient (Wildman–Crippen LogP) is 3.75. The van der Waals surface area contributed by atoms with E-state index in [2.05, 4.69) is 15.4 Å². The molecule has 3 heterocycles. The lowest BCUT2D eigenvalue weighted by molar-refractivity contribution is -0.141. The van der Waals surface area contributed by atoms with Crippen LogP contribution in [0.25, 0.3) is 10.6 Å². The first-order valence-electron chi connectivity index (χ1n) is 7.70. The molecule has 0 aliphatic carbocycles. The van der Waals surface area contributed by atoms with Crippen LogP contribution in [-0.4, -0.2) is 27.2 Å². The van der Waals surface area contributed by atoms with Crippen LogP contribution in [0.1, 0.15) is 15.6 Å². The summed E-state index contributed by atoms with van der Waals surface area (Å²) in [5.74, 6) is -0.381. The van der Waals surface area contributed by atoms with Gasteiger partial charge in [-0.3, -0.25) is 9.48 Å². The third-order valence-electron chi connectivity index (χ3n) is 3.46. The van der Waals surface area contributed by atoms with E-state index in [1.807, 2.05) is 24.4 Å². The van der Waals surface area contributed by atoms with Crippen molar-refractivity contribution in [2.45, 2.75) is 26.1 Å². The molecule has 3 rings (SSSR count). The minimum absolute atomic E-state index is 0.246. The fourth-order valence-electron chi connectivity index (χ4n) is 2.26. The molecule has 138 valence electrons. The van der Waals surface area contributed by atoms with Gasteiger partial charge in [0.15, 0.2) is 5.69 Å². The number of nitrogens with zero attached hydrogens (tertiary/aromatic N) is 3. The Morgan fingerprint density at radius 2 is 2.12 bits per heavy atom. The number of alkyl halides is 3. The molecule has 0 fully saturated rings. The maximum Gasteiger partial charge on any atom is 0.435 e. The highest BCUT2D eigenvalue weighted by atomic mass is 32.1. The van der Waals surface area contributed by atoms with E-state index in [4.69, 9.17) is 0 Å². The van der Waals surface area contributed by atoms with Crippen LogP contribution >= 0.6 is 22.7 Å². The summed E-state index contributed by atoms with van der Waals surface area (Å²) in [6, 6.07) is 4.84. The number of hydrogen-bond donors (Lipinski definition) is 1. The molecule has 0 atom stereocenters. The van der Waals surface area contributed by atoms with Crippen molar-refractivity contribution in [3.05, 3.63) is 45.4 Å². The van der Waals surface area contributed by atoms with Crippen molar-refractivity contribution >= 4 is 28.6 Å². The molecule has 1 N–H and O–H groups in total. The molecule has 3 aromatic heterocycles. The number of carbonyl (C=O) groups is 1. The van der Waals surface area contributed by atoms with Crippen LogP contribution in [0, 0.1) is 6.92 Å². The zero-order valence-corrected chi connectivity index (χ0v) is 15.3. The third-order valence-corrected chi connectivity index (χ3v) is 5.40. The summed E-state index contributed by atoms with van der Waals surface area (Å²) in [5.41, 5.74) is -0.0550. The number of aromatic nitrogens is 3. The van der Waals surface area contributed by atoms with Crippen molar-refractivity contribution < 1.29 is 18.0 Å². The van der Waals surface area contributed by atoms with Gasteiger partial charge >= 0.3 is 6.18 Å². The molecule has 0 unspecified atom stereocenters. The molecule has 3 aromatic rings. The van der Waals surface area contributed by atoms with Gasteiger partial charge in [-0.25, -0.2) is 4.98 Å². The molecular formula is C16H15F3N4OS2. The van der Waals surface area contributed by atoms with E-state index in [-0.39, 0.29) is 12.5 Å². The van der Waals surface area contributed by atoms with E-state index < -0.39 is 11.9 Å². The molecule has 0 saturated heterocycles. The first kappa shape index (κ1) is 18.6. The summed E-state index contributed by atoms with van der Waals surface area (Å²) < 4.78 is 38.4. The average Bonchev–Trinajstić information content (AvgIpc) is 3.27. The quantitative estimate of drug-likeness (QED) is 0.686. The highest BCUT2D eigenvalue weighted by Crippen LogP contribution is 2.29. The number of halogens is 3. The van der Waals surface area contributed by atoms with Crippen LogP contribution in [0.3, 0.4) is 0 Å². The van der Waals surface area contributed by atoms with Crippen LogP contribution in [-0.2, 0) is 23.9 Å². The Morgan fingerprint density at radius 1 is 1.31 bits per heavy atom. The Balaban J connectivity index is 1.47. The first-order chi connectivity index (χ1) is 12.3. The Labute approximate surface area is 155 Å². The minimum atomic E-state index is -4.51. The molecule has 0 spiro atoms. The SMILES string of the molecule is Cc1nc(-c2ccc(CCNC(=O)Cn3ccc(C(F)(F)F)n3)s2)cs1. The largest absolute Gasteiger partial charge is 0.435 e. The summed E-state index contributed by atoms with van der Waals surface area (Å²) in [4.78, 5) is 18.4. The predicted molar refractivity (Wildman–Crippen MR) is 94.1 cm³/mol. The molecule has 26 heavy (non-hydrogen) atoms. The highest BCUT2D eigenvalue weighted by molar-refractivity contribution is 7.16. The van der Waals surface area contributed by atoms with E-state index in [9.17, 15) is 18.0 Å². The van der Waals surface area contributed by atoms with Crippen molar-refractivity contribution in [2.75, 3.05) is 6.54 Å². The maximum atomic E-state index is 12.5.